The Morgan fingerprint density at radius 3 is 2.12 bits per heavy atom. The number of nitrogens with zero attached hydrogens (tertiary/aromatic N) is 1. The highest BCUT2D eigenvalue weighted by molar-refractivity contribution is 5.63. The average Bonchev–Trinajstić information content (AvgIpc) is 2.14. The molecule has 1 aromatic rings. The molecule has 1 rings (SSSR count). The van der Waals surface area contributed by atoms with Crippen molar-refractivity contribution in [2.24, 2.45) is 0 Å². The highest BCUT2D eigenvalue weighted by Crippen LogP contribution is 2.27. The van der Waals surface area contributed by atoms with Crippen molar-refractivity contribution in [3.8, 4) is 0 Å². The molecule has 0 aliphatic carbocycles. The van der Waals surface area contributed by atoms with Gasteiger partial charge in [-0.15, -0.1) is 0 Å². The van der Waals surface area contributed by atoms with Crippen LogP contribution in [0.25, 0.3) is 5.70 Å². The lowest BCUT2D eigenvalue weighted by atomic mass is 9.83. The summed E-state index contributed by atoms with van der Waals surface area (Å²) in [5.41, 5.74) is 5.22. The van der Waals surface area contributed by atoms with Crippen LogP contribution in [0.4, 0.5) is 0 Å². The molecule has 0 spiro atoms. The summed E-state index contributed by atoms with van der Waals surface area (Å²) in [5, 5.41) is 0. The van der Waals surface area contributed by atoms with Gasteiger partial charge in [-0.3, -0.25) is 0 Å². The summed E-state index contributed by atoms with van der Waals surface area (Å²) in [6.45, 7) is 13.0. The molecule has 1 aromatic carbocycles. The first-order valence-electron chi connectivity index (χ1n) is 5.71. The van der Waals surface area contributed by atoms with E-state index in [-0.39, 0.29) is 5.41 Å². The highest BCUT2D eigenvalue weighted by atomic mass is 15.1. The van der Waals surface area contributed by atoms with Gasteiger partial charge in [0.1, 0.15) is 0 Å². The Morgan fingerprint density at radius 2 is 1.75 bits per heavy atom. The fraction of sp³-hybridized carbons (Fsp3) is 0.467. The molecule has 0 radical (unpaired) electrons. The van der Waals surface area contributed by atoms with Gasteiger partial charge in [-0.2, -0.15) is 0 Å². The van der Waals surface area contributed by atoms with E-state index in [1.807, 2.05) is 19.0 Å². The Bertz CT molecular complexity index is 394. The van der Waals surface area contributed by atoms with Crippen LogP contribution in [0.3, 0.4) is 0 Å². The van der Waals surface area contributed by atoms with Gasteiger partial charge in [0.25, 0.3) is 0 Å². The van der Waals surface area contributed by atoms with Crippen LogP contribution in [0.1, 0.15) is 37.5 Å². The molecule has 0 aromatic heterocycles. The molecule has 0 aliphatic heterocycles. The normalized spacial score (nSPS) is 11.4. The fourth-order valence-electron chi connectivity index (χ4n) is 1.94. The van der Waals surface area contributed by atoms with Crippen LogP contribution in [0.2, 0.25) is 0 Å². The van der Waals surface area contributed by atoms with Crippen molar-refractivity contribution < 1.29 is 0 Å². The van der Waals surface area contributed by atoms with Crippen LogP contribution >= 0.6 is 0 Å². The number of rotatable bonds is 2. The van der Waals surface area contributed by atoms with Crippen LogP contribution in [-0.4, -0.2) is 19.0 Å². The van der Waals surface area contributed by atoms with E-state index in [1.165, 1.54) is 16.7 Å². The monoisotopic (exact) mass is 217 g/mol. The number of aryl methyl sites for hydroxylation is 1. The zero-order valence-corrected chi connectivity index (χ0v) is 11.4. The van der Waals surface area contributed by atoms with Crippen molar-refractivity contribution in [1.82, 2.24) is 4.90 Å². The van der Waals surface area contributed by atoms with Gasteiger partial charge in [-0.05, 0) is 35.1 Å². The summed E-state index contributed by atoms with van der Waals surface area (Å²) in [7, 11) is 4.05. The first-order chi connectivity index (χ1) is 7.23. The third-order valence-electron chi connectivity index (χ3n) is 2.91. The maximum Gasteiger partial charge on any atom is 0.0361 e. The lowest BCUT2D eigenvalue weighted by Gasteiger charge is -2.23. The SMILES string of the molecule is C=C(c1ccc(C(C)(C)C)c(C)c1)N(C)C. The Labute approximate surface area is 99.8 Å². The van der Waals surface area contributed by atoms with E-state index < -0.39 is 0 Å². The lowest BCUT2D eigenvalue weighted by Crippen LogP contribution is -2.14. The molecule has 0 bridgehead atoms. The van der Waals surface area contributed by atoms with Gasteiger partial charge in [0.05, 0.1) is 0 Å². The van der Waals surface area contributed by atoms with E-state index >= 15 is 0 Å². The minimum Gasteiger partial charge on any atom is -0.378 e. The Kier molecular flexibility index (Phi) is 3.47. The average molecular weight is 217 g/mol. The first-order valence-corrected chi connectivity index (χ1v) is 5.71. The summed E-state index contributed by atoms with van der Waals surface area (Å²) in [4.78, 5) is 2.05. The predicted octanol–water partition coefficient (Wildman–Crippen LogP) is 3.82. The van der Waals surface area contributed by atoms with Crippen LogP contribution < -0.4 is 0 Å². The van der Waals surface area contributed by atoms with E-state index in [0.717, 1.165) is 5.70 Å². The molecule has 0 N–H and O–H groups in total. The zero-order chi connectivity index (χ0) is 12.5. The van der Waals surface area contributed by atoms with E-state index in [0.29, 0.717) is 0 Å². The van der Waals surface area contributed by atoms with Crippen molar-refractivity contribution in [3.63, 3.8) is 0 Å². The zero-order valence-electron chi connectivity index (χ0n) is 11.4. The standard InChI is InChI=1S/C15H23N/c1-11-10-13(12(2)16(6)7)8-9-14(11)15(3,4)5/h8-10H,2H2,1,3-7H3. The molecule has 0 saturated carbocycles. The second-order valence-corrected chi connectivity index (χ2v) is 5.62. The highest BCUT2D eigenvalue weighted by Gasteiger charge is 2.16. The number of hydrogen-bond donors (Lipinski definition) is 0. The van der Waals surface area contributed by atoms with Gasteiger partial charge in [-0.1, -0.05) is 39.5 Å². The minimum absolute atomic E-state index is 0.210. The lowest BCUT2D eigenvalue weighted by molar-refractivity contribution is 0.583. The number of benzene rings is 1. The maximum absolute atomic E-state index is 4.08. The predicted molar refractivity (Wildman–Crippen MR) is 72.6 cm³/mol. The van der Waals surface area contributed by atoms with E-state index in [9.17, 15) is 0 Å². The minimum atomic E-state index is 0.210. The smallest absolute Gasteiger partial charge is 0.0361 e. The molecule has 0 saturated heterocycles. The van der Waals surface area contributed by atoms with Crippen LogP contribution in [0.15, 0.2) is 24.8 Å². The van der Waals surface area contributed by atoms with Gasteiger partial charge in [0.2, 0.25) is 0 Å². The van der Waals surface area contributed by atoms with Crippen molar-refractivity contribution in [2.45, 2.75) is 33.1 Å². The van der Waals surface area contributed by atoms with Crippen molar-refractivity contribution >= 4 is 5.70 Å². The Hall–Kier alpha value is -1.24. The van der Waals surface area contributed by atoms with Gasteiger partial charge < -0.3 is 4.90 Å². The quantitative estimate of drug-likeness (QED) is 0.728. The molecule has 88 valence electrons. The largest absolute Gasteiger partial charge is 0.378 e. The molecule has 1 nitrogen and oxygen atoms in total. The molecule has 0 fully saturated rings. The first kappa shape index (κ1) is 12.8. The van der Waals surface area contributed by atoms with E-state index in [2.05, 4.69) is 52.5 Å². The third kappa shape index (κ3) is 2.66. The van der Waals surface area contributed by atoms with Gasteiger partial charge in [0, 0.05) is 19.8 Å². The molecule has 0 atom stereocenters. The van der Waals surface area contributed by atoms with E-state index in [4.69, 9.17) is 0 Å². The second-order valence-electron chi connectivity index (χ2n) is 5.62. The molecule has 16 heavy (non-hydrogen) atoms. The van der Waals surface area contributed by atoms with Crippen molar-refractivity contribution in [2.75, 3.05) is 14.1 Å². The summed E-state index contributed by atoms with van der Waals surface area (Å²) in [6, 6.07) is 6.61. The summed E-state index contributed by atoms with van der Waals surface area (Å²) < 4.78 is 0. The molecule has 0 aliphatic rings. The summed E-state index contributed by atoms with van der Waals surface area (Å²) in [6.07, 6.45) is 0. The molecule has 1 heteroatoms. The molecule has 0 unspecified atom stereocenters. The molecular formula is C15H23N. The molecule has 0 heterocycles. The molecule has 0 amide bonds. The Balaban J connectivity index is 3.15. The fourth-order valence-corrected chi connectivity index (χ4v) is 1.94. The van der Waals surface area contributed by atoms with E-state index in [1.54, 1.807) is 0 Å². The summed E-state index contributed by atoms with van der Waals surface area (Å²) >= 11 is 0. The maximum atomic E-state index is 4.08. The van der Waals surface area contributed by atoms with Gasteiger partial charge in [0.15, 0.2) is 0 Å². The second kappa shape index (κ2) is 4.32. The molecular weight excluding hydrogens is 194 g/mol. The van der Waals surface area contributed by atoms with Crippen molar-refractivity contribution in [3.05, 3.63) is 41.5 Å². The van der Waals surface area contributed by atoms with Crippen LogP contribution in [-0.2, 0) is 5.41 Å². The van der Waals surface area contributed by atoms with Crippen molar-refractivity contribution in [1.29, 1.82) is 0 Å². The topological polar surface area (TPSA) is 3.24 Å². The summed E-state index contributed by atoms with van der Waals surface area (Å²) in [5.74, 6) is 0. The van der Waals surface area contributed by atoms with Gasteiger partial charge in [-0.25, -0.2) is 0 Å². The third-order valence-corrected chi connectivity index (χ3v) is 2.91. The Morgan fingerprint density at radius 1 is 1.19 bits per heavy atom. The van der Waals surface area contributed by atoms with Gasteiger partial charge >= 0.3 is 0 Å². The number of hydrogen-bond acceptors (Lipinski definition) is 1. The van der Waals surface area contributed by atoms with Crippen LogP contribution in [0.5, 0.6) is 0 Å². The van der Waals surface area contributed by atoms with Crippen LogP contribution in [0, 0.1) is 6.92 Å².